The van der Waals surface area contributed by atoms with E-state index in [0.717, 1.165) is 0 Å². The maximum absolute atomic E-state index is 12.5. The number of halogens is 1. The molecular weight excluding hydrogens is 338 g/mol. The Labute approximate surface area is 142 Å². The van der Waals surface area contributed by atoms with Crippen LogP contribution in [0.3, 0.4) is 0 Å². The average Bonchev–Trinajstić information content (AvgIpc) is 2.95. The minimum Gasteiger partial charge on any atom is -0.484 e. The maximum Gasteiger partial charge on any atom is 0.260 e. The molecule has 1 heterocycles. The van der Waals surface area contributed by atoms with E-state index in [1.807, 2.05) is 0 Å². The predicted octanol–water partition coefficient (Wildman–Crippen LogP) is 2.53. The van der Waals surface area contributed by atoms with E-state index in [1.165, 1.54) is 0 Å². The minimum atomic E-state index is -3.26. The van der Waals surface area contributed by atoms with Gasteiger partial charge in [-0.1, -0.05) is 11.6 Å². The topological polar surface area (TPSA) is 63.7 Å². The Morgan fingerprint density at radius 2 is 1.91 bits per heavy atom. The van der Waals surface area contributed by atoms with Crippen LogP contribution in [-0.2, 0) is 14.6 Å². The highest BCUT2D eigenvalue weighted by molar-refractivity contribution is 7.93. The zero-order valence-corrected chi connectivity index (χ0v) is 15.2. The Morgan fingerprint density at radius 1 is 1.30 bits per heavy atom. The van der Waals surface area contributed by atoms with Gasteiger partial charge in [0.2, 0.25) is 0 Å². The standard InChI is InChI=1S/C16H22ClNO4S/c1-16(2,3)23(20,21)14-8-9-18(10-14)15(19)11-22-13-6-4-12(17)5-7-13/h4-7,14H,8-11H2,1-3H3/t14-/m0/s1. The van der Waals surface area contributed by atoms with Crippen LogP contribution in [0.5, 0.6) is 5.75 Å². The number of ether oxygens (including phenoxy) is 1. The summed E-state index contributed by atoms with van der Waals surface area (Å²) in [5.74, 6) is 0.354. The second-order valence-corrected chi connectivity index (χ2v) is 10.1. The zero-order chi connectivity index (χ0) is 17.3. The van der Waals surface area contributed by atoms with Crippen LogP contribution in [0.4, 0.5) is 0 Å². The molecule has 0 aliphatic carbocycles. The molecule has 1 fully saturated rings. The molecule has 1 atom stereocenters. The third kappa shape index (κ3) is 4.18. The maximum atomic E-state index is 12.5. The Hall–Kier alpha value is -1.27. The van der Waals surface area contributed by atoms with E-state index in [1.54, 1.807) is 49.9 Å². The number of hydrogen-bond donors (Lipinski definition) is 0. The van der Waals surface area contributed by atoms with E-state index in [-0.39, 0.29) is 19.1 Å². The first-order valence-corrected chi connectivity index (χ1v) is 9.43. The molecule has 0 bridgehead atoms. The molecule has 0 N–H and O–H groups in total. The summed E-state index contributed by atoms with van der Waals surface area (Å²) < 4.78 is 29.5. The minimum absolute atomic E-state index is 0.107. The van der Waals surface area contributed by atoms with Crippen molar-refractivity contribution in [2.45, 2.75) is 37.2 Å². The fourth-order valence-corrected chi connectivity index (χ4v) is 4.39. The normalized spacial score (nSPS) is 19.0. The van der Waals surface area contributed by atoms with E-state index in [0.29, 0.717) is 23.7 Å². The Bertz CT molecular complexity index is 664. The van der Waals surface area contributed by atoms with Crippen molar-refractivity contribution in [3.05, 3.63) is 29.3 Å². The third-order valence-corrected chi connectivity index (χ3v) is 7.19. The van der Waals surface area contributed by atoms with Gasteiger partial charge < -0.3 is 9.64 Å². The highest BCUT2D eigenvalue weighted by atomic mass is 35.5. The largest absolute Gasteiger partial charge is 0.484 e. The van der Waals surface area contributed by atoms with Crippen LogP contribution in [-0.4, -0.2) is 48.9 Å². The van der Waals surface area contributed by atoms with Crippen LogP contribution in [0.15, 0.2) is 24.3 Å². The summed E-state index contributed by atoms with van der Waals surface area (Å²) in [6.07, 6.45) is 0.478. The van der Waals surface area contributed by atoms with E-state index in [2.05, 4.69) is 0 Å². The SMILES string of the molecule is CC(C)(C)S(=O)(=O)[C@H]1CCN(C(=O)COc2ccc(Cl)cc2)C1. The van der Waals surface area contributed by atoms with Crippen LogP contribution in [0.1, 0.15) is 27.2 Å². The monoisotopic (exact) mass is 359 g/mol. The zero-order valence-electron chi connectivity index (χ0n) is 13.6. The summed E-state index contributed by atoms with van der Waals surface area (Å²) >= 11 is 5.79. The smallest absolute Gasteiger partial charge is 0.260 e. The molecule has 2 rings (SSSR count). The number of hydrogen-bond acceptors (Lipinski definition) is 4. The summed E-state index contributed by atoms with van der Waals surface area (Å²) in [5, 5.41) is 0.0976. The van der Waals surface area contributed by atoms with Crippen LogP contribution in [0.2, 0.25) is 5.02 Å². The molecule has 5 nitrogen and oxygen atoms in total. The molecule has 1 aliphatic heterocycles. The predicted molar refractivity (Wildman–Crippen MR) is 90.6 cm³/mol. The van der Waals surface area contributed by atoms with Crippen molar-refractivity contribution in [1.29, 1.82) is 0 Å². The van der Waals surface area contributed by atoms with Crippen molar-refractivity contribution in [2.24, 2.45) is 0 Å². The summed E-state index contributed by atoms with van der Waals surface area (Å²) in [5.41, 5.74) is 0. The van der Waals surface area contributed by atoms with Crippen molar-refractivity contribution in [3.8, 4) is 5.75 Å². The lowest BCUT2D eigenvalue weighted by molar-refractivity contribution is -0.132. The number of carbonyl (C=O) groups excluding carboxylic acids is 1. The first kappa shape index (κ1) is 18.1. The van der Waals surface area contributed by atoms with Gasteiger partial charge in [0.25, 0.3) is 5.91 Å². The molecule has 1 aliphatic rings. The number of sulfone groups is 1. The van der Waals surface area contributed by atoms with Crippen molar-refractivity contribution < 1.29 is 17.9 Å². The van der Waals surface area contributed by atoms with Crippen molar-refractivity contribution in [2.75, 3.05) is 19.7 Å². The molecule has 1 aromatic carbocycles. The van der Waals surface area contributed by atoms with E-state index < -0.39 is 19.8 Å². The van der Waals surface area contributed by atoms with Crippen LogP contribution in [0.25, 0.3) is 0 Å². The molecule has 128 valence electrons. The number of benzene rings is 1. The molecule has 0 aromatic heterocycles. The van der Waals surface area contributed by atoms with Gasteiger partial charge in [0, 0.05) is 18.1 Å². The van der Waals surface area contributed by atoms with Gasteiger partial charge >= 0.3 is 0 Å². The molecule has 7 heteroatoms. The summed E-state index contributed by atoms with van der Waals surface area (Å²) in [7, 11) is -3.26. The highest BCUT2D eigenvalue weighted by Gasteiger charge is 2.41. The first-order valence-electron chi connectivity index (χ1n) is 7.51. The molecule has 1 aromatic rings. The lowest BCUT2D eigenvalue weighted by Crippen LogP contribution is -2.40. The summed E-state index contributed by atoms with van der Waals surface area (Å²) in [6, 6.07) is 6.74. The second-order valence-electron chi connectivity index (χ2n) is 6.65. The third-order valence-electron chi connectivity index (χ3n) is 3.97. The molecule has 0 radical (unpaired) electrons. The molecular formula is C16H22ClNO4S. The van der Waals surface area contributed by atoms with E-state index in [4.69, 9.17) is 16.3 Å². The molecule has 23 heavy (non-hydrogen) atoms. The van der Waals surface area contributed by atoms with Crippen LogP contribution in [0, 0.1) is 0 Å². The highest BCUT2D eigenvalue weighted by Crippen LogP contribution is 2.27. The lowest BCUT2D eigenvalue weighted by atomic mass is 10.3. The van der Waals surface area contributed by atoms with Gasteiger partial charge in [0.05, 0.1) is 10.00 Å². The fraction of sp³-hybridized carbons (Fsp3) is 0.562. The van der Waals surface area contributed by atoms with Gasteiger partial charge in [-0.25, -0.2) is 8.42 Å². The Balaban J connectivity index is 1.91. The van der Waals surface area contributed by atoms with Crippen LogP contribution < -0.4 is 4.74 Å². The molecule has 1 amide bonds. The van der Waals surface area contributed by atoms with Crippen molar-refractivity contribution in [1.82, 2.24) is 4.90 Å². The molecule has 0 spiro atoms. The van der Waals surface area contributed by atoms with Crippen molar-refractivity contribution >= 4 is 27.3 Å². The summed E-state index contributed by atoms with van der Waals surface area (Å²) in [6.45, 7) is 5.65. The number of carbonyl (C=O) groups is 1. The summed E-state index contributed by atoms with van der Waals surface area (Å²) in [4.78, 5) is 13.7. The van der Waals surface area contributed by atoms with Gasteiger partial charge in [0.15, 0.2) is 16.4 Å². The number of likely N-dealkylation sites (tertiary alicyclic amines) is 1. The Kier molecular flexibility index (Phi) is 5.26. The second kappa shape index (κ2) is 6.69. The van der Waals surface area contributed by atoms with Gasteiger partial charge in [-0.3, -0.25) is 4.79 Å². The first-order chi connectivity index (χ1) is 10.6. The van der Waals surface area contributed by atoms with Gasteiger partial charge in [0.1, 0.15) is 5.75 Å². The average molecular weight is 360 g/mol. The van der Waals surface area contributed by atoms with Crippen LogP contribution >= 0.6 is 11.6 Å². The number of nitrogens with zero attached hydrogens (tertiary/aromatic N) is 1. The number of amides is 1. The molecule has 0 unspecified atom stereocenters. The number of rotatable bonds is 4. The van der Waals surface area contributed by atoms with Crippen molar-refractivity contribution in [3.63, 3.8) is 0 Å². The lowest BCUT2D eigenvalue weighted by Gasteiger charge is -2.24. The van der Waals surface area contributed by atoms with Gasteiger partial charge in [-0.05, 0) is 51.5 Å². The van der Waals surface area contributed by atoms with Gasteiger partial charge in [-0.15, -0.1) is 0 Å². The molecule has 0 saturated carbocycles. The Morgan fingerprint density at radius 3 is 2.48 bits per heavy atom. The van der Waals surface area contributed by atoms with Gasteiger partial charge in [-0.2, -0.15) is 0 Å². The van der Waals surface area contributed by atoms with E-state index >= 15 is 0 Å². The molecule has 1 saturated heterocycles. The fourth-order valence-electron chi connectivity index (χ4n) is 2.48. The van der Waals surface area contributed by atoms with E-state index in [9.17, 15) is 13.2 Å². The quantitative estimate of drug-likeness (QED) is 0.828.